The molecule has 9 nitrogen and oxygen atoms in total. The predicted octanol–water partition coefficient (Wildman–Crippen LogP) is 2.85. The summed E-state index contributed by atoms with van der Waals surface area (Å²) in [5.41, 5.74) is 0.899. The molecule has 2 heterocycles. The number of carbonyl (C=O) groups is 3. The average Bonchev–Trinajstić information content (AvgIpc) is 3.11. The van der Waals surface area contributed by atoms with Gasteiger partial charge in [-0.15, -0.1) is 11.3 Å². The molecule has 11 heteroatoms. The minimum absolute atomic E-state index is 0.0383. The van der Waals surface area contributed by atoms with Crippen molar-refractivity contribution < 1.29 is 32.3 Å². The molecule has 1 aliphatic heterocycles. The number of fused-ring (bicyclic) bond motifs is 1. The van der Waals surface area contributed by atoms with Gasteiger partial charge in [0, 0.05) is 11.4 Å². The molecule has 3 rings (SSSR count). The van der Waals surface area contributed by atoms with Gasteiger partial charge in [-0.3, -0.25) is 4.79 Å². The summed E-state index contributed by atoms with van der Waals surface area (Å²) >= 11 is 1.13. The first kappa shape index (κ1) is 23.7. The molecule has 1 aromatic carbocycles. The van der Waals surface area contributed by atoms with E-state index in [4.69, 9.17) is 9.47 Å². The molecule has 0 fully saturated rings. The largest absolute Gasteiger partial charge is 0.462 e. The lowest BCUT2D eigenvalue weighted by Crippen LogP contribution is -2.36. The minimum Gasteiger partial charge on any atom is -0.462 e. The Hall–Kier alpha value is -2.92. The van der Waals surface area contributed by atoms with E-state index in [0.29, 0.717) is 23.4 Å². The van der Waals surface area contributed by atoms with E-state index in [9.17, 15) is 22.8 Å². The van der Waals surface area contributed by atoms with Gasteiger partial charge >= 0.3 is 12.1 Å². The van der Waals surface area contributed by atoms with Gasteiger partial charge in [-0.05, 0) is 38.0 Å². The van der Waals surface area contributed by atoms with Crippen LogP contribution in [0.25, 0.3) is 0 Å². The van der Waals surface area contributed by atoms with Crippen molar-refractivity contribution in [3.63, 3.8) is 0 Å². The summed E-state index contributed by atoms with van der Waals surface area (Å²) in [6.45, 7) is 4.36. The van der Waals surface area contributed by atoms with E-state index in [1.54, 1.807) is 32.0 Å². The Kier molecular flexibility index (Phi) is 7.52. The zero-order valence-corrected chi connectivity index (χ0v) is 19.4. The molecule has 2 aromatic rings. The van der Waals surface area contributed by atoms with Gasteiger partial charge in [-0.25, -0.2) is 18.0 Å². The molecule has 0 saturated carbocycles. The lowest BCUT2D eigenvalue weighted by atomic mass is 10.0. The van der Waals surface area contributed by atoms with Crippen LogP contribution in [0.3, 0.4) is 0 Å². The second kappa shape index (κ2) is 10.1. The van der Waals surface area contributed by atoms with Crippen LogP contribution in [0.4, 0.5) is 9.80 Å². The van der Waals surface area contributed by atoms with Gasteiger partial charge in [0.25, 0.3) is 0 Å². The highest BCUT2D eigenvalue weighted by atomic mass is 32.2. The van der Waals surface area contributed by atoms with Crippen molar-refractivity contribution in [3.8, 4) is 0 Å². The third-order valence-electron chi connectivity index (χ3n) is 4.74. The molecule has 0 spiro atoms. The Labute approximate surface area is 190 Å². The van der Waals surface area contributed by atoms with Crippen molar-refractivity contribution in [2.75, 3.05) is 30.8 Å². The molecule has 1 N–H and O–H groups in total. The first-order valence-electron chi connectivity index (χ1n) is 10.1. The van der Waals surface area contributed by atoms with Gasteiger partial charge in [0.1, 0.15) is 10.8 Å². The monoisotopic (exact) mass is 480 g/mol. The number of ether oxygens (including phenoxy) is 2. The van der Waals surface area contributed by atoms with Crippen LogP contribution in [0, 0.1) is 0 Å². The number of nitrogens with zero attached hydrogens (tertiary/aromatic N) is 1. The standard InChI is InChI=1S/C21H24N2O7S2/c1-3-29-20(25)18-15-10-11-23(21(26)30-4-2)12-16(15)31-19(18)22-17(24)13-32(27,28)14-8-6-5-7-9-14/h5-9H,3-4,10-13H2,1-2H3,(H,22,24). The molecule has 0 radical (unpaired) electrons. The topological polar surface area (TPSA) is 119 Å². The minimum atomic E-state index is -3.84. The Balaban J connectivity index is 1.85. The SMILES string of the molecule is CCOC(=O)c1c(NC(=O)CS(=O)(=O)c2ccccc2)sc2c1CCN(C(=O)OCC)C2. The number of benzene rings is 1. The summed E-state index contributed by atoms with van der Waals surface area (Å²) < 4.78 is 35.2. The highest BCUT2D eigenvalue weighted by Crippen LogP contribution is 2.38. The molecule has 1 aliphatic rings. The molecule has 2 amide bonds. The van der Waals surface area contributed by atoms with Crippen molar-refractivity contribution in [2.45, 2.75) is 31.7 Å². The Morgan fingerprint density at radius 3 is 2.44 bits per heavy atom. The lowest BCUT2D eigenvalue weighted by Gasteiger charge is -2.26. The molecule has 0 unspecified atom stereocenters. The Morgan fingerprint density at radius 2 is 1.78 bits per heavy atom. The normalized spacial score (nSPS) is 13.2. The summed E-state index contributed by atoms with van der Waals surface area (Å²) in [4.78, 5) is 39.6. The summed E-state index contributed by atoms with van der Waals surface area (Å²) in [6, 6.07) is 7.67. The fourth-order valence-corrected chi connectivity index (χ4v) is 5.75. The van der Waals surface area contributed by atoms with Gasteiger partial charge in [0.2, 0.25) is 5.91 Å². The number of esters is 1. The first-order chi connectivity index (χ1) is 15.3. The third-order valence-corrected chi connectivity index (χ3v) is 7.50. The van der Waals surface area contributed by atoms with Crippen LogP contribution < -0.4 is 5.32 Å². The van der Waals surface area contributed by atoms with Crippen molar-refractivity contribution in [1.82, 2.24) is 4.90 Å². The van der Waals surface area contributed by atoms with Crippen LogP contribution in [-0.4, -0.2) is 56.8 Å². The van der Waals surface area contributed by atoms with Crippen LogP contribution in [0.5, 0.6) is 0 Å². The van der Waals surface area contributed by atoms with Gasteiger partial charge in [0.05, 0.1) is 30.2 Å². The van der Waals surface area contributed by atoms with Gasteiger partial charge in [-0.2, -0.15) is 0 Å². The zero-order chi connectivity index (χ0) is 23.3. The summed E-state index contributed by atoms with van der Waals surface area (Å²) in [6.07, 6.45) is -0.0689. The number of sulfone groups is 1. The second-order valence-corrected chi connectivity index (χ2v) is 10.0. The molecule has 172 valence electrons. The second-order valence-electron chi connectivity index (χ2n) is 6.92. The van der Waals surface area contributed by atoms with Crippen LogP contribution >= 0.6 is 11.3 Å². The van der Waals surface area contributed by atoms with E-state index in [2.05, 4.69) is 5.32 Å². The maximum Gasteiger partial charge on any atom is 0.410 e. The number of nitrogens with one attached hydrogen (secondary N) is 1. The van der Waals surface area contributed by atoms with E-state index in [-0.39, 0.29) is 35.2 Å². The Morgan fingerprint density at radius 1 is 1.09 bits per heavy atom. The highest BCUT2D eigenvalue weighted by molar-refractivity contribution is 7.92. The quantitative estimate of drug-likeness (QED) is 0.605. The molecule has 0 saturated heterocycles. The zero-order valence-electron chi connectivity index (χ0n) is 17.8. The van der Waals surface area contributed by atoms with Crippen molar-refractivity contribution >= 4 is 44.1 Å². The molecule has 0 atom stereocenters. The number of thiophene rings is 1. The number of anilines is 1. The van der Waals surface area contributed by atoms with Gasteiger partial charge in [-0.1, -0.05) is 18.2 Å². The Bertz CT molecular complexity index is 1110. The van der Waals surface area contributed by atoms with Crippen LogP contribution in [0.15, 0.2) is 35.2 Å². The number of carbonyl (C=O) groups excluding carboxylic acids is 3. The molecule has 0 bridgehead atoms. The van der Waals surface area contributed by atoms with Crippen LogP contribution in [-0.2, 0) is 37.1 Å². The van der Waals surface area contributed by atoms with Gasteiger partial charge < -0.3 is 19.7 Å². The number of hydrogen-bond acceptors (Lipinski definition) is 8. The van der Waals surface area contributed by atoms with Crippen LogP contribution in [0.1, 0.15) is 34.6 Å². The molecule has 32 heavy (non-hydrogen) atoms. The molecule has 0 aliphatic carbocycles. The fraction of sp³-hybridized carbons (Fsp3) is 0.381. The maximum absolute atomic E-state index is 12.6. The van der Waals surface area contributed by atoms with E-state index >= 15 is 0 Å². The van der Waals surface area contributed by atoms with Crippen molar-refractivity contribution in [3.05, 3.63) is 46.3 Å². The summed E-state index contributed by atoms with van der Waals surface area (Å²) in [5.74, 6) is -2.13. The highest BCUT2D eigenvalue weighted by Gasteiger charge is 2.32. The van der Waals surface area contributed by atoms with E-state index in [1.165, 1.54) is 17.0 Å². The number of hydrogen-bond donors (Lipinski definition) is 1. The smallest absolute Gasteiger partial charge is 0.410 e. The third kappa shape index (κ3) is 5.28. The maximum atomic E-state index is 12.6. The molecular weight excluding hydrogens is 456 g/mol. The van der Waals surface area contributed by atoms with E-state index in [1.807, 2.05) is 0 Å². The van der Waals surface area contributed by atoms with E-state index in [0.717, 1.165) is 11.3 Å². The van der Waals surface area contributed by atoms with Crippen molar-refractivity contribution in [1.29, 1.82) is 0 Å². The number of rotatable bonds is 7. The summed E-state index contributed by atoms with van der Waals surface area (Å²) in [5, 5.41) is 2.78. The average molecular weight is 481 g/mol. The van der Waals surface area contributed by atoms with Crippen molar-refractivity contribution in [2.24, 2.45) is 0 Å². The first-order valence-corrected chi connectivity index (χ1v) is 12.5. The number of amides is 2. The van der Waals surface area contributed by atoms with Crippen LogP contribution in [0.2, 0.25) is 0 Å². The van der Waals surface area contributed by atoms with E-state index < -0.39 is 33.6 Å². The molecular formula is C21H24N2O7S2. The summed E-state index contributed by atoms with van der Waals surface area (Å²) in [7, 11) is -3.84. The van der Waals surface area contributed by atoms with Gasteiger partial charge in [0.15, 0.2) is 9.84 Å². The lowest BCUT2D eigenvalue weighted by molar-refractivity contribution is -0.113. The molecule has 1 aromatic heterocycles. The predicted molar refractivity (Wildman–Crippen MR) is 119 cm³/mol. The fourth-order valence-electron chi connectivity index (χ4n) is 3.33.